The van der Waals surface area contributed by atoms with Gasteiger partial charge in [-0.2, -0.15) is 0 Å². The number of aromatic hydroxyl groups is 1. The minimum absolute atomic E-state index is 0.0142. The molecule has 0 radical (unpaired) electrons. The molecule has 8 nitrogen and oxygen atoms in total. The normalized spacial score (nSPS) is 14.2. The molecule has 1 aliphatic heterocycles. The van der Waals surface area contributed by atoms with Gasteiger partial charge in [0.05, 0.1) is 11.7 Å². The van der Waals surface area contributed by atoms with Crippen LogP contribution in [-0.4, -0.2) is 52.5 Å². The van der Waals surface area contributed by atoms with Crippen molar-refractivity contribution in [2.75, 3.05) is 25.0 Å². The number of aromatic nitrogens is 1. The van der Waals surface area contributed by atoms with E-state index >= 15 is 0 Å². The van der Waals surface area contributed by atoms with Crippen molar-refractivity contribution in [3.63, 3.8) is 0 Å². The van der Waals surface area contributed by atoms with Crippen LogP contribution in [0.25, 0.3) is 10.9 Å². The first-order valence-corrected chi connectivity index (χ1v) is 10.4. The van der Waals surface area contributed by atoms with Gasteiger partial charge >= 0.3 is 5.97 Å². The number of fused-ring (bicyclic) bond motifs is 1. The summed E-state index contributed by atoms with van der Waals surface area (Å²) >= 11 is 0. The van der Waals surface area contributed by atoms with Crippen LogP contribution in [0.2, 0.25) is 0 Å². The van der Waals surface area contributed by atoms with Crippen LogP contribution in [0.4, 0.5) is 5.69 Å². The second kappa shape index (κ2) is 9.47. The minimum Gasteiger partial charge on any atom is -0.505 e. The van der Waals surface area contributed by atoms with Crippen LogP contribution < -0.4 is 5.32 Å². The van der Waals surface area contributed by atoms with Gasteiger partial charge in [0.2, 0.25) is 5.91 Å². The highest BCUT2D eigenvalue weighted by atomic mass is 16.5. The molecular weight excluding hydrogens is 410 g/mol. The minimum atomic E-state index is -0.786. The maximum absolute atomic E-state index is 12.5. The van der Waals surface area contributed by atoms with Gasteiger partial charge < -0.3 is 20.1 Å². The van der Waals surface area contributed by atoms with Crippen molar-refractivity contribution in [3.05, 3.63) is 66.4 Å². The second-order valence-corrected chi connectivity index (χ2v) is 7.62. The molecular formula is C24H23N3O5. The van der Waals surface area contributed by atoms with Gasteiger partial charge in [-0.1, -0.05) is 36.4 Å². The molecule has 8 heteroatoms. The Morgan fingerprint density at radius 3 is 2.47 bits per heavy atom. The van der Waals surface area contributed by atoms with E-state index in [0.29, 0.717) is 36.8 Å². The first-order valence-electron chi connectivity index (χ1n) is 10.4. The lowest BCUT2D eigenvalue weighted by Gasteiger charge is -2.31. The van der Waals surface area contributed by atoms with E-state index in [1.807, 2.05) is 30.3 Å². The van der Waals surface area contributed by atoms with E-state index in [9.17, 15) is 19.5 Å². The Morgan fingerprint density at radius 2 is 1.72 bits per heavy atom. The summed E-state index contributed by atoms with van der Waals surface area (Å²) in [5.41, 5.74) is 1.27. The summed E-state index contributed by atoms with van der Waals surface area (Å²) in [6.07, 6.45) is 2.26. The highest BCUT2D eigenvalue weighted by Gasteiger charge is 2.28. The zero-order valence-corrected chi connectivity index (χ0v) is 17.4. The van der Waals surface area contributed by atoms with Gasteiger partial charge in [0.15, 0.2) is 6.61 Å². The number of para-hydroxylation sites is 2. The number of likely N-dealkylation sites (tertiary alicyclic amines) is 1. The Morgan fingerprint density at radius 1 is 1.03 bits per heavy atom. The fourth-order valence-electron chi connectivity index (χ4n) is 3.79. The molecule has 0 atom stereocenters. The number of ether oxygens (including phenoxy) is 1. The summed E-state index contributed by atoms with van der Waals surface area (Å²) < 4.78 is 5.19. The number of benzene rings is 2. The van der Waals surface area contributed by atoms with Gasteiger partial charge in [0.25, 0.3) is 5.91 Å². The number of esters is 1. The Balaban J connectivity index is 1.30. The quantitative estimate of drug-likeness (QED) is 0.599. The molecule has 1 aliphatic rings. The number of pyridine rings is 1. The van der Waals surface area contributed by atoms with E-state index < -0.39 is 12.6 Å². The zero-order chi connectivity index (χ0) is 22.5. The molecule has 1 saturated heterocycles. The third kappa shape index (κ3) is 4.69. The van der Waals surface area contributed by atoms with Crippen LogP contribution in [0.1, 0.15) is 23.2 Å². The number of hydrogen-bond donors (Lipinski definition) is 2. The van der Waals surface area contributed by atoms with Gasteiger partial charge in [0, 0.05) is 30.1 Å². The van der Waals surface area contributed by atoms with Gasteiger partial charge in [0.1, 0.15) is 11.3 Å². The third-order valence-corrected chi connectivity index (χ3v) is 5.55. The lowest BCUT2D eigenvalue weighted by Crippen LogP contribution is -2.43. The number of hydrogen-bond acceptors (Lipinski definition) is 6. The standard InChI is InChI=1S/C24H23N3O5/c28-20-14-25-19-9-5-4-8-18(19)22(20)24(31)32-15-21(29)27-12-10-16(11-13-27)23(30)26-17-6-2-1-3-7-17/h1-9,14,16,28H,10-13,15H2,(H,26,30). The van der Waals surface area contributed by atoms with Crippen LogP contribution in [0.5, 0.6) is 5.75 Å². The van der Waals surface area contributed by atoms with Gasteiger partial charge in [-0.3, -0.25) is 14.6 Å². The first kappa shape index (κ1) is 21.3. The van der Waals surface area contributed by atoms with Crippen LogP contribution >= 0.6 is 0 Å². The van der Waals surface area contributed by atoms with Crippen molar-refractivity contribution >= 4 is 34.4 Å². The molecule has 164 valence electrons. The van der Waals surface area contributed by atoms with E-state index in [0.717, 1.165) is 5.69 Å². The van der Waals surface area contributed by atoms with E-state index in [-0.39, 0.29) is 29.0 Å². The number of anilines is 1. The number of amides is 2. The number of carbonyl (C=O) groups excluding carboxylic acids is 3. The van der Waals surface area contributed by atoms with Crippen molar-refractivity contribution in [1.29, 1.82) is 0 Å². The Labute approximate surface area is 184 Å². The van der Waals surface area contributed by atoms with Crippen LogP contribution in [0.3, 0.4) is 0 Å². The highest BCUT2D eigenvalue weighted by Crippen LogP contribution is 2.26. The van der Waals surface area contributed by atoms with Gasteiger partial charge in [-0.25, -0.2) is 4.79 Å². The predicted octanol–water partition coefficient (Wildman–Crippen LogP) is 2.97. The van der Waals surface area contributed by atoms with E-state index in [1.165, 1.54) is 6.20 Å². The summed E-state index contributed by atoms with van der Waals surface area (Å²) in [7, 11) is 0. The molecule has 3 aromatic rings. The molecule has 0 aliphatic carbocycles. The number of piperidine rings is 1. The van der Waals surface area contributed by atoms with Gasteiger partial charge in [-0.15, -0.1) is 0 Å². The van der Waals surface area contributed by atoms with E-state index in [2.05, 4.69) is 10.3 Å². The first-order chi connectivity index (χ1) is 15.5. The SMILES string of the molecule is O=C(OCC(=O)N1CCC(C(=O)Nc2ccccc2)CC1)c1c(O)cnc2ccccc12. The smallest absolute Gasteiger partial charge is 0.343 e. The molecule has 0 spiro atoms. The molecule has 4 rings (SSSR count). The maximum Gasteiger partial charge on any atom is 0.343 e. The number of rotatable bonds is 5. The number of nitrogens with one attached hydrogen (secondary N) is 1. The van der Waals surface area contributed by atoms with E-state index in [4.69, 9.17) is 4.74 Å². The topological polar surface area (TPSA) is 109 Å². The van der Waals surface area contributed by atoms with Gasteiger partial charge in [-0.05, 0) is 31.0 Å². The Bertz CT molecular complexity index is 1140. The van der Waals surface area contributed by atoms with Crippen LogP contribution in [-0.2, 0) is 14.3 Å². The summed E-state index contributed by atoms with van der Waals surface area (Å²) in [5.74, 6) is -1.66. The number of carbonyl (C=O) groups is 3. The molecule has 2 amide bonds. The van der Waals surface area contributed by atoms with Crippen LogP contribution in [0, 0.1) is 5.92 Å². The summed E-state index contributed by atoms with van der Waals surface area (Å²) in [5, 5.41) is 13.4. The van der Waals surface area contributed by atoms with Crippen molar-refractivity contribution in [2.24, 2.45) is 5.92 Å². The highest BCUT2D eigenvalue weighted by molar-refractivity contribution is 6.06. The zero-order valence-electron chi connectivity index (χ0n) is 17.4. The Kier molecular flexibility index (Phi) is 6.30. The van der Waals surface area contributed by atoms with Crippen molar-refractivity contribution in [2.45, 2.75) is 12.8 Å². The molecule has 1 fully saturated rings. The van der Waals surface area contributed by atoms with Crippen molar-refractivity contribution in [3.8, 4) is 5.75 Å². The average molecular weight is 433 g/mol. The molecule has 0 bridgehead atoms. The number of nitrogens with zero attached hydrogens (tertiary/aromatic N) is 2. The molecule has 32 heavy (non-hydrogen) atoms. The lowest BCUT2D eigenvalue weighted by molar-refractivity contribution is -0.137. The second-order valence-electron chi connectivity index (χ2n) is 7.62. The summed E-state index contributed by atoms with van der Waals surface area (Å²) in [4.78, 5) is 43.2. The average Bonchev–Trinajstić information content (AvgIpc) is 2.83. The summed E-state index contributed by atoms with van der Waals surface area (Å²) in [6.45, 7) is 0.384. The molecule has 2 aromatic carbocycles. The van der Waals surface area contributed by atoms with Crippen molar-refractivity contribution in [1.82, 2.24) is 9.88 Å². The monoisotopic (exact) mass is 433 g/mol. The predicted molar refractivity (Wildman–Crippen MR) is 118 cm³/mol. The Hall–Kier alpha value is -3.94. The van der Waals surface area contributed by atoms with E-state index in [1.54, 1.807) is 29.2 Å². The molecule has 2 N–H and O–H groups in total. The lowest BCUT2D eigenvalue weighted by atomic mass is 9.95. The fourth-order valence-corrected chi connectivity index (χ4v) is 3.79. The largest absolute Gasteiger partial charge is 0.505 e. The van der Waals surface area contributed by atoms with Crippen LogP contribution in [0.15, 0.2) is 60.8 Å². The molecule has 0 saturated carbocycles. The maximum atomic E-state index is 12.5. The fraction of sp³-hybridized carbons (Fsp3) is 0.250. The molecule has 1 aromatic heterocycles. The molecule has 2 heterocycles. The molecule has 0 unspecified atom stereocenters. The van der Waals surface area contributed by atoms with Crippen molar-refractivity contribution < 1.29 is 24.2 Å². The third-order valence-electron chi connectivity index (χ3n) is 5.55. The summed E-state index contributed by atoms with van der Waals surface area (Å²) in [6, 6.07) is 16.1.